The zero-order valence-electron chi connectivity index (χ0n) is 12.4. The number of aliphatic hydroxyl groups is 4. The number of ether oxygens (including phenoxy) is 1. The molecule has 6 unspecified atom stereocenters. The minimum absolute atomic E-state index is 0.0304. The van der Waals surface area contributed by atoms with Gasteiger partial charge in [-0.15, -0.1) is 0 Å². The highest BCUT2D eigenvalue weighted by atomic mass is 16.5. The maximum absolute atomic E-state index is 11.3. The van der Waals surface area contributed by atoms with E-state index in [0.717, 1.165) is 19.3 Å². The molecule has 1 fully saturated rings. The van der Waals surface area contributed by atoms with Crippen molar-refractivity contribution < 1.29 is 30.0 Å². The number of ketones is 1. The average Bonchev–Trinajstić information content (AvgIpc) is 2.46. The molecule has 7 nitrogen and oxygen atoms in total. The second-order valence-corrected chi connectivity index (χ2v) is 5.72. The molecule has 1 aliphatic heterocycles. The van der Waals surface area contributed by atoms with E-state index >= 15 is 0 Å². The Bertz CT molecular complexity index is 323. The normalized spacial score (nSPS) is 34.7. The second kappa shape index (κ2) is 8.77. The van der Waals surface area contributed by atoms with Gasteiger partial charge in [-0.25, -0.2) is 0 Å². The number of Topliss-reactive ketones (excluding diaryl/α,β-unsaturated/α-hetero) is 1. The number of rotatable bonds is 8. The van der Waals surface area contributed by atoms with E-state index in [-0.39, 0.29) is 5.78 Å². The van der Waals surface area contributed by atoms with Gasteiger partial charge in [0.1, 0.15) is 30.2 Å². The number of hydrogen-bond acceptors (Lipinski definition) is 7. The van der Waals surface area contributed by atoms with Gasteiger partial charge in [0.2, 0.25) is 0 Å². The van der Waals surface area contributed by atoms with Gasteiger partial charge >= 0.3 is 0 Å². The summed E-state index contributed by atoms with van der Waals surface area (Å²) in [5.74, 6) is 0.0304. The van der Waals surface area contributed by atoms with E-state index in [4.69, 9.17) is 15.6 Å². The van der Waals surface area contributed by atoms with Crippen molar-refractivity contribution in [1.29, 1.82) is 0 Å². The number of nitrogens with two attached hydrogens (primary N) is 1. The molecule has 0 aromatic heterocycles. The van der Waals surface area contributed by atoms with E-state index < -0.39 is 43.2 Å². The van der Waals surface area contributed by atoms with E-state index in [2.05, 4.69) is 0 Å². The Morgan fingerprint density at radius 2 is 1.71 bits per heavy atom. The maximum Gasteiger partial charge on any atom is 0.149 e. The Labute approximate surface area is 124 Å². The fourth-order valence-electron chi connectivity index (χ4n) is 2.47. The first-order valence-electron chi connectivity index (χ1n) is 7.47. The smallest absolute Gasteiger partial charge is 0.149 e. The summed E-state index contributed by atoms with van der Waals surface area (Å²) in [6, 6.07) is -0.435. The Morgan fingerprint density at radius 3 is 2.29 bits per heavy atom. The van der Waals surface area contributed by atoms with Crippen molar-refractivity contribution in [1.82, 2.24) is 0 Å². The third kappa shape index (κ3) is 5.28. The zero-order chi connectivity index (χ0) is 16.0. The largest absolute Gasteiger partial charge is 0.394 e. The van der Waals surface area contributed by atoms with Crippen LogP contribution in [0.5, 0.6) is 0 Å². The molecule has 1 saturated heterocycles. The van der Waals surface area contributed by atoms with E-state index in [1.165, 1.54) is 0 Å². The van der Waals surface area contributed by atoms with Gasteiger partial charge in [0.15, 0.2) is 0 Å². The second-order valence-electron chi connectivity index (χ2n) is 5.72. The topological polar surface area (TPSA) is 133 Å². The minimum atomic E-state index is -1.32. The van der Waals surface area contributed by atoms with Gasteiger partial charge in [-0.2, -0.15) is 0 Å². The van der Waals surface area contributed by atoms with Gasteiger partial charge < -0.3 is 30.9 Å². The Kier molecular flexibility index (Phi) is 7.72. The molecule has 1 rings (SSSR count). The summed E-state index contributed by atoms with van der Waals surface area (Å²) in [7, 11) is 0. The highest BCUT2D eigenvalue weighted by Gasteiger charge is 2.42. The first-order chi connectivity index (χ1) is 9.88. The number of unbranched alkanes of at least 4 members (excludes halogenated alkanes) is 2. The molecule has 0 amide bonds. The fraction of sp³-hybridized carbons (Fsp3) is 0.929. The van der Waals surface area contributed by atoms with Crippen LogP contribution in [0.15, 0.2) is 0 Å². The number of hydrogen-bond donors (Lipinski definition) is 5. The summed E-state index contributed by atoms with van der Waals surface area (Å²) in [4.78, 5) is 11.3. The van der Waals surface area contributed by atoms with Crippen molar-refractivity contribution in [2.45, 2.75) is 75.6 Å². The highest BCUT2D eigenvalue weighted by molar-refractivity contribution is 5.83. The fourth-order valence-corrected chi connectivity index (χ4v) is 2.47. The van der Waals surface area contributed by atoms with Crippen molar-refractivity contribution in [2.24, 2.45) is 5.73 Å². The molecule has 7 heteroatoms. The van der Waals surface area contributed by atoms with E-state index in [9.17, 15) is 20.1 Å². The van der Waals surface area contributed by atoms with Crippen molar-refractivity contribution >= 4 is 5.78 Å². The summed E-state index contributed by atoms with van der Waals surface area (Å²) in [5, 5.41) is 38.2. The van der Waals surface area contributed by atoms with Crippen molar-refractivity contribution in [3.05, 3.63) is 0 Å². The minimum Gasteiger partial charge on any atom is -0.394 e. The summed E-state index contributed by atoms with van der Waals surface area (Å²) in [6.45, 7) is 1.25. The lowest BCUT2D eigenvalue weighted by Crippen LogP contribution is -2.58. The lowest BCUT2D eigenvalue weighted by atomic mass is 9.92. The molecule has 21 heavy (non-hydrogen) atoms. The van der Waals surface area contributed by atoms with E-state index in [0.29, 0.717) is 12.8 Å². The SMILES string of the molecule is CC(N)C(=O)CCCCCC1OC(CO)C(O)C(O)C1O. The predicted octanol–water partition coefficient (Wildman–Crippen LogP) is -1.30. The quantitative estimate of drug-likeness (QED) is 0.352. The molecule has 0 bridgehead atoms. The van der Waals surface area contributed by atoms with Gasteiger partial charge in [-0.1, -0.05) is 12.8 Å². The van der Waals surface area contributed by atoms with Crippen molar-refractivity contribution in [3.8, 4) is 0 Å². The lowest BCUT2D eigenvalue weighted by molar-refractivity contribution is -0.230. The molecule has 6 N–H and O–H groups in total. The van der Waals surface area contributed by atoms with Crippen LogP contribution >= 0.6 is 0 Å². The van der Waals surface area contributed by atoms with E-state index in [1.54, 1.807) is 6.92 Å². The van der Waals surface area contributed by atoms with Gasteiger partial charge in [0.25, 0.3) is 0 Å². The zero-order valence-corrected chi connectivity index (χ0v) is 12.4. The Morgan fingerprint density at radius 1 is 1.10 bits per heavy atom. The van der Waals surface area contributed by atoms with Gasteiger partial charge in [0.05, 0.1) is 18.8 Å². The van der Waals surface area contributed by atoms with Crippen LogP contribution in [0.4, 0.5) is 0 Å². The molecule has 0 saturated carbocycles. The van der Waals surface area contributed by atoms with Crippen LogP contribution in [0, 0.1) is 0 Å². The molecule has 0 aromatic carbocycles. The molecule has 1 heterocycles. The molecule has 0 aromatic rings. The Hall–Kier alpha value is -0.570. The molecular weight excluding hydrogens is 278 g/mol. The molecule has 124 valence electrons. The summed E-state index contributed by atoms with van der Waals surface area (Å²) in [6.07, 6.45) is -2.13. The first kappa shape index (κ1) is 18.5. The van der Waals surface area contributed by atoms with Crippen LogP contribution in [0.2, 0.25) is 0 Å². The lowest BCUT2D eigenvalue weighted by Gasteiger charge is -2.40. The monoisotopic (exact) mass is 305 g/mol. The summed E-state index contributed by atoms with van der Waals surface area (Å²) in [5.41, 5.74) is 5.47. The third-order valence-electron chi connectivity index (χ3n) is 3.91. The molecule has 1 aliphatic rings. The van der Waals surface area contributed by atoms with Gasteiger partial charge in [-0.3, -0.25) is 4.79 Å². The summed E-state index contributed by atoms with van der Waals surface area (Å²) >= 11 is 0. The van der Waals surface area contributed by atoms with E-state index in [1.807, 2.05) is 0 Å². The average molecular weight is 305 g/mol. The summed E-state index contributed by atoms with van der Waals surface area (Å²) < 4.78 is 5.40. The van der Waals surface area contributed by atoms with Crippen molar-refractivity contribution in [3.63, 3.8) is 0 Å². The molecule has 6 atom stereocenters. The molecule has 0 spiro atoms. The molecule has 0 radical (unpaired) electrons. The van der Waals surface area contributed by atoms with Crippen LogP contribution < -0.4 is 5.73 Å². The predicted molar refractivity (Wildman–Crippen MR) is 75.5 cm³/mol. The Balaban J connectivity index is 2.29. The van der Waals surface area contributed by atoms with Crippen LogP contribution in [0.3, 0.4) is 0 Å². The third-order valence-corrected chi connectivity index (χ3v) is 3.91. The number of carbonyl (C=O) groups is 1. The van der Waals surface area contributed by atoms with Gasteiger partial charge in [-0.05, 0) is 19.8 Å². The van der Waals surface area contributed by atoms with Crippen LogP contribution in [0.1, 0.15) is 39.0 Å². The van der Waals surface area contributed by atoms with Crippen LogP contribution in [0.25, 0.3) is 0 Å². The van der Waals surface area contributed by atoms with Crippen LogP contribution in [-0.4, -0.2) is 69.4 Å². The first-order valence-corrected chi connectivity index (χ1v) is 7.47. The maximum atomic E-state index is 11.3. The van der Waals surface area contributed by atoms with Crippen molar-refractivity contribution in [2.75, 3.05) is 6.61 Å². The van der Waals surface area contributed by atoms with Gasteiger partial charge in [0, 0.05) is 6.42 Å². The number of carbonyl (C=O) groups excluding carboxylic acids is 1. The highest BCUT2D eigenvalue weighted by Crippen LogP contribution is 2.24. The molecular formula is C14H27NO6. The number of aliphatic hydroxyl groups excluding tert-OH is 4. The standard InChI is InChI=1S/C14H27NO6/c1-8(15)9(17)5-3-2-4-6-10-12(18)14(20)13(19)11(7-16)21-10/h8,10-14,16,18-20H,2-7,15H2,1H3. The van der Waals surface area contributed by atoms with Crippen LogP contribution in [-0.2, 0) is 9.53 Å². The molecule has 0 aliphatic carbocycles.